The first-order chi connectivity index (χ1) is 14.9. The zero-order valence-electron chi connectivity index (χ0n) is 16.6. The van der Waals surface area contributed by atoms with Gasteiger partial charge < -0.3 is 10.1 Å². The molecule has 0 atom stereocenters. The highest BCUT2D eigenvalue weighted by atomic mass is 79.9. The fourth-order valence-corrected chi connectivity index (χ4v) is 4.01. The van der Waals surface area contributed by atoms with Crippen LogP contribution in [0.4, 0.5) is 11.5 Å². The monoisotopic (exact) mass is 501 g/mol. The molecule has 160 valence electrons. The van der Waals surface area contributed by atoms with Crippen molar-refractivity contribution in [3.8, 4) is 5.75 Å². The summed E-state index contributed by atoms with van der Waals surface area (Å²) in [6.07, 6.45) is 4.54. The molecule has 0 aliphatic rings. The quantitative estimate of drug-likeness (QED) is 0.436. The maximum Gasteiger partial charge on any atom is 0.263 e. The summed E-state index contributed by atoms with van der Waals surface area (Å²) in [5.41, 5.74) is 1.22. The lowest BCUT2D eigenvalue weighted by Gasteiger charge is -2.09. The van der Waals surface area contributed by atoms with Crippen molar-refractivity contribution in [2.24, 2.45) is 0 Å². The summed E-state index contributed by atoms with van der Waals surface area (Å²) < 4.78 is 33.7. The predicted molar refractivity (Wildman–Crippen MR) is 124 cm³/mol. The van der Waals surface area contributed by atoms with E-state index < -0.39 is 10.0 Å². The van der Waals surface area contributed by atoms with Crippen LogP contribution in [0.15, 0.2) is 82.3 Å². The van der Waals surface area contributed by atoms with Crippen LogP contribution in [-0.2, 0) is 14.8 Å². The summed E-state index contributed by atoms with van der Waals surface area (Å²) in [6, 6.07) is 16.3. The van der Waals surface area contributed by atoms with Crippen molar-refractivity contribution in [2.75, 3.05) is 16.6 Å². The fourth-order valence-electron chi connectivity index (χ4n) is 2.62. The summed E-state index contributed by atoms with van der Waals surface area (Å²) in [5, 5.41) is 2.70. The average molecular weight is 502 g/mol. The fraction of sp³-hybridized carbons (Fsp3) is 0.0909. The maximum atomic E-state index is 12.4. The number of rotatable bonds is 8. The molecule has 1 aromatic heterocycles. The number of hydrogen-bond donors (Lipinski definition) is 2. The minimum absolute atomic E-state index is 0.0576. The number of pyridine rings is 1. The van der Waals surface area contributed by atoms with Gasteiger partial charge in [0.1, 0.15) is 11.6 Å². The van der Waals surface area contributed by atoms with Crippen molar-refractivity contribution in [2.45, 2.75) is 11.8 Å². The molecule has 0 fully saturated rings. The van der Waals surface area contributed by atoms with Crippen LogP contribution in [0.3, 0.4) is 0 Å². The second-order valence-corrected chi connectivity index (χ2v) is 8.88. The Hall–Kier alpha value is -3.17. The second kappa shape index (κ2) is 10.2. The lowest BCUT2D eigenvalue weighted by molar-refractivity contribution is -0.111. The van der Waals surface area contributed by atoms with E-state index in [1.54, 1.807) is 24.3 Å². The molecule has 0 saturated carbocycles. The van der Waals surface area contributed by atoms with E-state index in [9.17, 15) is 13.2 Å². The normalized spacial score (nSPS) is 11.3. The van der Waals surface area contributed by atoms with E-state index in [0.717, 1.165) is 10.0 Å². The Morgan fingerprint density at radius 2 is 1.90 bits per heavy atom. The van der Waals surface area contributed by atoms with Crippen molar-refractivity contribution in [1.29, 1.82) is 0 Å². The lowest BCUT2D eigenvalue weighted by atomic mass is 10.2. The van der Waals surface area contributed by atoms with Crippen molar-refractivity contribution in [1.82, 2.24) is 4.98 Å². The van der Waals surface area contributed by atoms with Crippen molar-refractivity contribution < 1.29 is 17.9 Å². The summed E-state index contributed by atoms with van der Waals surface area (Å²) in [7, 11) is -3.78. The molecule has 0 radical (unpaired) electrons. The van der Waals surface area contributed by atoms with Gasteiger partial charge in [-0.2, -0.15) is 0 Å². The Balaban J connectivity index is 1.66. The highest BCUT2D eigenvalue weighted by Gasteiger charge is 2.14. The molecule has 31 heavy (non-hydrogen) atoms. The standard InChI is InChI=1S/C22H20BrN3O4S/c1-2-30-20-12-7-17(23)15-16(20)6-13-22(27)25-18-8-10-19(11-9-18)31(28,29)26-21-5-3-4-14-24-21/h3-15H,2H2,1H3,(H,24,26)(H,25,27). The number of sulfonamides is 1. The number of halogens is 1. The van der Waals surface area contributed by atoms with Crippen LogP contribution in [0.25, 0.3) is 6.08 Å². The van der Waals surface area contributed by atoms with E-state index in [4.69, 9.17) is 4.74 Å². The average Bonchev–Trinajstić information content (AvgIpc) is 2.75. The van der Waals surface area contributed by atoms with Gasteiger partial charge in [0.2, 0.25) is 5.91 Å². The van der Waals surface area contributed by atoms with E-state index in [2.05, 4.69) is 31.0 Å². The number of amides is 1. The number of aromatic nitrogens is 1. The molecule has 3 rings (SSSR count). The molecule has 2 aromatic carbocycles. The Morgan fingerprint density at radius 1 is 1.13 bits per heavy atom. The number of anilines is 2. The third kappa shape index (κ3) is 6.40. The minimum Gasteiger partial charge on any atom is -0.493 e. The first kappa shape index (κ1) is 22.5. The first-order valence-corrected chi connectivity index (χ1v) is 11.6. The molecule has 7 nitrogen and oxygen atoms in total. The molecular formula is C22H20BrN3O4S. The Kier molecular flexibility index (Phi) is 7.43. The molecule has 0 saturated heterocycles. The smallest absolute Gasteiger partial charge is 0.263 e. The molecule has 3 aromatic rings. The Bertz CT molecular complexity index is 1180. The molecule has 0 unspecified atom stereocenters. The van der Waals surface area contributed by atoms with Gasteiger partial charge in [-0.3, -0.25) is 9.52 Å². The minimum atomic E-state index is -3.78. The van der Waals surface area contributed by atoms with E-state index in [0.29, 0.717) is 18.0 Å². The number of nitrogens with zero attached hydrogens (tertiary/aromatic N) is 1. The van der Waals surface area contributed by atoms with Crippen LogP contribution in [0.2, 0.25) is 0 Å². The number of nitrogens with one attached hydrogen (secondary N) is 2. The zero-order chi connectivity index (χ0) is 22.3. The third-order valence-electron chi connectivity index (χ3n) is 4.02. The summed E-state index contributed by atoms with van der Waals surface area (Å²) in [6.45, 7) is 2.40. The van der Waals surface area contributed by atoms with Gasteiger partial charge in [-0.25, -0.2) is 13.4 Å². The number of hydrogen-bond acceptors (Lipinski definition) is 5. The molecule has 1 amide bonds. The third-order valence-corrected chi connectivity index (χ3v) is 5.89. The van der Waals surface area contributed by atoms with Crippen LogP contribution >= 0.6 is 15.9 Å². The summed E-state index contributed by atoms with van der Waals surface area (Å²) in [4.78, 5) is 16.3. The molecule has 0 aliphatic heterocycles. The highest BCUT2D eigenvalue weighted by Crippen LogP contribution is 2.24. The van der Waals surface area contributed by atoms with Gasteiger partial charge in [0.25, 0.3) is 10.0 Å². The zero-order valence-corrected chi connectivity index (χ0v) is 19.0. The lowest BCUT2D eigenvalue weighted by Crippen LogP contribution is -2.14. The molecule has 0 spiro atoms. The maximum absolute atomic E-state index is 12.4. The Morgan fingerprint density at radius 3 is 2.58 bits per heavy atom. The first-order valence-electron chi connectivity index (χ1n) is 9.33. The van der Waals surface area contributed by atoms with E-state index in [-0.39, 0.29) is 16.6 Å². The van der Waals surface area contributed by atoms with Gasteiger partial charge in [0.15, 0.2) is 0 Å². The molecular weight excluding hydrogens is 482 g/mol. The largest absolute Gasteiger partial charge is 0.493 e. The van der Waals surface area contributed by atoms with Crippen LogP contribution in [-0.4, -0.2) is 25.9 Å². The van der Waals surface area contributed by atoms with E-state index in [1.165, 1.54) is 36.5 Å². The van der Waals surface area contributed by atoms with Crippen molar-refractivity contribution in [3.05, 3.63) is 83.0 Å². The van der Waals surface area contributed by atoms with Gasteiger partial charge in [-0.1, -0.05) is 22.0 Å². The number of carbonyl (C=O) groups excluding carboxylic acids is 1. The molecule has 2 N–H and O–H groups in total. The van der Waals surface area contributed by atoms with Gasteiger partial charge in [0, 0.05) is 28.0 Å². The van der Waals surface area contributed by atoms with Crippen LogP contribution in [0.5, 0.6) is 5.75 Å². The molecule has 0 bridgehead atoms. The topological polar surface area (TPSA) is 97.4 Å². The van der Waals surface area contributed by atoms with Gasteiger partial charge in [-0.15, -0.1) is 0 Å². The van der Waals surface area contributed by atoms with E-state index >= 15 is 0 Å². The van der Waals surface area contributed by atoms with Crippen molar-refractivity contribution in [3.63, 3.8) is 0 Å². The molecule has 9 heteroatoms. The van der Waals surface area contributed by atoms with Crippen LogP contribution < -0.4 is 14.8 Å². The number of benzene rings is 2. The van der Waals surface area contributed by atoms with Crippen molar-refractivity contribution >= 4 is 49.4 Å². The van der Waals surface area contributed by atoms with E-state index in [1.807, 2.05) is 25.1 Å². The van der Waals surface area contributed by atoms with Gasteiger partial charge in [0.05, 0.1) is 11.5 Å². The summed E-state index contributed by atoms with van der Waals surface area (Å²) >= 11 is 3.40. The number of ether oxygens (including phenoxy) is 1. The number of carbonyl (C=O) groups is 1. The van der Waals surface area contributed by atoms with Gasteiger partial charge in [-0.05, 0) is 67.6 Å². The molecule has 1 heterocycles. The van der Waals surface area contributed by atoms with Crippen LogP contribution in [0.1, 0.15) is 12.5 Å². The molecule has 0 aliphatic carbocycles. The Labute approximate surface area is 189 Å². The predicted octanol–water partition coefficient (Wildman–Crippen LogP) is 4.70. The summed E-state index contributed by atoms with van der Waals surface area (Å²) in [5.74, 6) is 0.540. The van der Waals surface area contributed by atoms with Crippen LogP contribution in [0, 0.1) is 0 Å². The highest BCUT2D eigenvalue weighted by molar-refractivity contribution is 9.10. The second-order valence-electron chi connectivity index (χ2n) is 6.28. The van der Waals surface area contributed by atoms with Gasteiger partial charge >= 0.3 is 0 Å². The SMILES string of the molecule is CCOc1ccc(Br)cc1C=CC(=O)Nc1ccc(S(=O)(=O)Nc2ccccn2)cc1.